The van der Waals surface area contributed by atoms with E-state index in [1.54, 1.807) is 6.07 Å². The normalized spacial score (nSPS) is 20.4. The Morgan fingerprint density at radius 2 is 1.96 bits per heavy atom. The van der Waals surface area contributed by atoms with Crippen molar-refractivity contribution in [3.05, 3.63) is 23.4 Å². The van der Waals surface area contributed by atoms with E-state index in [2.05, 4.69) is 21.8 Å². The van der Waals surface area contributed by atoms with Crippen LogP contribution in [0, 0.1) is 0 Å². The zero-order valence-electron chi connectivity index (χ0n) is 14.1. The third-order valence-corrected chi connectivity index (χ3v) is 4.46. The van der Waals surface area contributed by atoms with Gasteiger partial charge in [0.15, 0.2) is 0 Å². The molecule has 132 valence electrons. The van der Waals surface area contributed by atoms with Gasteiger partial charge in [-0.1, -0.05) is 6.07 Å². The molecular weight excluding hydrogens is 312 g/mol. The Labute approximate surface area is 141 Å². The summed E-state index contributed by atoms with van der Waals surface area (Å²) in [5.74, 6) is 0.374. The molecule has 8 heteroatoms. The molecule has 1 N–H and O–H groups in total. The van der Waals surface area contributed by atoms with Crippen molar-refractivity contribution in [2.45, 2.75) is 12.8 Å². The highest BCUT2D eigenvalue weighted by Crippen LogP contribution is 2.28. The minimum atomic E-state index is -1.05. The first kappa shape index (κ1) is 17.1. The molecule has 0 radical (unpaired) electrons. The van der Waals surface area contributed by atoms with Crippen LogP contribution in [0.1, 0.15) is 17.5 Å². The Kier molecular flexibility index (Phi) is 5.30. The maximum Gasteiger partial charge on any atom is 0.412 e. The zero-order valence-corrected chi connectivity index (χ0v) is 14.1. The van der Waals surface area contributed by atoms with Crippen molar-refractivity contribution in [3.63, 3.8) is 0 Å². The molecule has 24 heavy (non-hydrogen) atoms. The number of carbonyl (C=O) groups is 1. The molecule has 3 rings (SSSR count). The van der Waals surface area contributed by atoms with Gasteiger partial charge in [0, 0.05) is 39.8 Å². The lowest BCUT2D eigenvalue weighted by Crippen LogP contribution is -2.44. The van der Waals surface area contributed by atoms with Gasteiger partial charge in [-0.05, 0) is 18.7 Å². The number of nitrogens with zero attached hydrogens (tertiary/aromatic N) is 4. The number of pyridine rings is 1. The average Bonchev–Trinajstić information content (AvgIpc) is 3.11. The number of ether oxygens (including phenoxy) is 2. The average molecular weight is 336 g/mol. The van der Waals surface area contributed by atoms with Gasteiger partial charge in [0.25, 0.3) is 0 Å². The van der Waals surface area contributed by atoms with Crippen LogP contribution < -0.4 is 4.90 Å². The van der Waals surface area contributed by atoms with Gasteiger partial charge in [-0.25, -0.2) is 9.78 Å². The van der Waals surface area contributed by atoms with E-state index in [0.717, 1.165) is 43.2 Å². The van der Waals surface area contributed by atoms with Gasteiger partial charge in [-0.3, -0.25) is 9.80 Å². The minimum absolute atomic E-state index is 0.374. The van der Waals surface area contributed by atoms with Crippen LogP contribution in [0.4, 0.5) is 10.6 Å². The van der Waals surface area contributed by atoms with E-state index in [-0.39, 0.29) is 0 Å². The summed E-state index contributed by atoms with van der Waals surface area (Å²) in [7, 11) is 3.60. The summed E-state index contributed by atoms with van der Waals surface area (Å²) in [6.07, 6.45) is -1.57. The molecular formula is C16H24N4O4. The van der Waals surface area contributed by atoms with Crippen LogP contribution in [0.2, 0.25) is 0 Å². The molecule has 0 atom stereocenters. The third-order valence-electron chi connectivity index (χ3n) is 4.46. The second-order valence-electron chi connectivity index (χ2n) is 6.21. The fourth-order valence-electron chi connectivity index (χ4n) is 2.88. The van der Waals surface area contributed by atoms with Crippen LogP contribution in [0.3, 0.4) is 0 Å². The van der Waals surface area contributed by atoms with E-state index in [1.165, 1.54) is 7.05 Å². The van der Waals surface area contributed by atoms with Crippen LogP contribution >= 0.6 is 0 Å². The van der Waals surface area contributed by atoms with Gasteiger partial charge in [-0.15, -0.1) is 0 Å². The third kappa shape index (κ3) is 3.84. The number of aromatic nitrogens is 1. The van der Waals surface area contributed by atoms with E-state index >= 15 is 0 Å². The minimum Gasteiger partial charge on any atom is -0.465 e. The maximum atomic E-state index is 11.2. The van der Waals surface area contributed by atoms with Crippen LogP contribution in [0.15, 0.2) is 12.1 Å². The van der Waals surface area contributed by atoms with Crippen molar-refractivity contribution in [1.82, 2.24) is 14.8 Å². The summed E-state index contributed by atoms with van der Waals surface area (Å²) < 4.78 is 11.2. The summed E-state index contributed by atoms with van der Waals surface area (Å²) in [5, 5.41) is 9.16. The van der Waals surface area contributed by atoms with Gasteiger partial charge in [0.05, 0.1) is 13.2 Å². The number of hydrogen-bond acceptors (Lipinski definition) is 6. The molecule has 0 saturated carbocycles. The summed E-state index contributed by atoms with van der Waals surface area (Å²) in [4.78, 5) is 21.5. The topological polar surface area (TPSA) is 78.4 Å². The monoisotopic (exact) mass is 336 g/mol. The van der Waals surface area contributed by atoms with Gasteiger partial charge < -0.3 is 19.5 Å². The van der Waals surface area contributed by atoms with Gasteiger partial charge in [0.2, 0.25) is 6.29 Å². The van der Waals surface area contributed by atoms with Crippen LogP contribution in [0.5, 0.6) is 0 Å². The van der Waals surface area contributed by atoms with E-state index in [0.29, 0.717) is 24.7 Å². The number of amides is 1. The Hall–Kier alpha value is -1.74. The Morgan fingerprint density at radius 1 is 1.29 bits per heavy atom. The number of hydrogen-bond donors (Lipinski definition) is 1. The number of anilines is 1. The van der Waals surface area contributed by atoms with Crippen molar-refractivity contribution in [2.75, 3.05) is 58.4 Å². The van der Waals surface area contributed by atoms with E-state index in [9.17, 15) is 4.79 Å². The first-order chi connectivity index (χ1) is 11.5. The molecule has 3 heterocycles. The second-order valence-corrected chi connectivity index (χ2v) is 6.21. The molecule has 1 aromatic heterocycles. The van der Waals surface area contributed by atoms with Crippen molar-refractivity contribution in [3.8, 4) is 0 Å². The first-order valence-corrected chi connectivity index (χ1v) is 8.15. The number of carboxylic acid groups (broad SMARTS) is 1. The number of piperazine rings is 1. The zero-order chi connectivity index (χ0) is 17.1. The molecule has 2 aliphatic heterocycles. The van der Waals surface area contributed by atoms with Crippen molar-refractivity contribution < 1.29 is 19.4 Å². The highest BCUT2D eigenvalue weighted by Gasteiger charge is 2.26. The SMILES string of the molecule is CN1CCN(Cc2ccc(N(C)C(=O)O)nc2C2OCCO2)CC1. The quantitative estimate of drug-likeness (QED) is 0.878. The fraction of sp³-hybridized carbons (Fsp3) is 0.625. The Balaban J connectivity index is 1.82. The predicted octanol–water partition coefficient (Wildman–Crippen LogP) is 0.989. The molecule has 0 spiro atoms. The van der Waals surface area contributed by atoms with Gasteiger partial charge >= 0.3 is 6.09 Å². The molecule has 2 aliphatic rings. The van der Waals surface area contributed by atoms with Crippen LogP contribution in [-0.2, 0) is 16.0 Å². The molecule has 0 aromatic carbocycles. The molecule has 1 amide bonds. The highest BCUT2D eigenvalue weighted by atomic mass is 16.7. The predicted molar refractivity (Wildman–Crippen MR) is 88.1 cm³/mol. The second kappa shape index (κ2) is 7.43. The van der Waals surface area contributed by atoms with Crippen molar-refractivity contribution in [1.29, 1.82) is 0 Å². The Bertz CT molecular complexity index is 583. The van der Waals surface area contributed by atoms with E-state index in [4.69, 9.17) is 14.6 Å². The highest BCUT2D eigenvalue weighted by molar-refractivity contribution is 5.83. The number of rotatable bonds is 4. The van der Waals surface area contributed by atoms with E-state index in [1.807, 2.05) is 6.07 Å². The largest absolute Gasteiger partial charge is 0.465 e. The molecule has 0 aliphatic carbocycles. The Morgan fingerprint density at radius 3 is 2.58 bits per heavy atom. The standard InChI is InChI=1S/C16H24N4O4/c1-18-5-7-20(8-6-18)11-12-3-4-13(19(2)16(21)22)17-14(12)15-23-9-10-24-15/h3-4,15H,5-11H2,1-2H3,(H,21,22). The van der Waals surface area contributed by atoms with Crippen molar-refractivity contribution >= 4 is 11.9 Å². The van der Waals surface area contributed by atoms with E-state index < -0.39 is 12.4 Å². The van der Waals surface area contributed by atoms with Gasteiger partial charge in [-0.2, -0.15) is 0 Å². The molecule has 8 nitrogen and oxygen atoms in total. The van der Waals surface area contributed by atoms with Crippen LogP contribution in [-0.4, -0.2) is 79.5 Å². The summed E-state index contributed by atoms with van der Waals surface area (Å²) in [5.41, 5.74) is 1.70. The smallest absolute Gasteiger partial charge is 0.412 e. The molecule has 0 unspecified atom stereocenters. The number of likely N-dealkylation sites (N-methyl/N-ethyl adjacent to an activating group) is 1. The molecule has 2 saturated heterocycles. The maximum absolute atomic E-state index is 11.2. The molecule has 2 fully saturated rings. The summed E-state index contributed by atoms with van der Waals surface area (Å²) >= 11 is 0. The van der Waals surface area contributed by atoms with Crippen molar-refractivity contribution in [2.24, 2.45) is 0 Å². The fourth-order valence-corrected chi connectivity index (χ4v) is 2.88. The first-order valence-electron chi connectivity index (χ1n) is 8.15. The lowest BCUT2D eigenvalue weighted by molar-refractivity contribution is -0.0483. The lowest BCUT2D eigenvalue weighted by Gasteiger charge is -2.33. The van der Waals surface area contributed by atoms with Gasteiger partial charge in [0.1, 0.15) is 11.5 Å². The lowest BCUT2D eigenvalue weighted by atomic mass is 10.1. The molecule has 1 aromatic rings. The molecule has 0 bridgehead atoms. The van der Waals surface area contributed by atoms with Crippen LogP contribution in [0.25, 0.3) is 0 Å². The summed E-state index contributed by atoms with van der Waals surface area (Å²) in [6, 6.07) is 3.67. The summed E-state index contributed by atoms with van der Waals surface area (Å²) in [6.45, 7) is 5.89.